The van der Waals surface area contributed by atoms with Crippen molar-refractivity contribution in [2.45, 2.75) is 32.5 Å². The van der Waals surface area contributed by atoms with Gasteiger partial charge < -0.3 is 9.64 Å². The third-order valence-corrected chi connectivity index (χ3v) is 2.93. The lowest BCUT2D eigenvalue weighted by atomic mass is 9.80. The number of carbonyl (C=O) groups excluding carboxylic acids is 1. The summed E-state index contributed by atoms with van der Waals surface area (Å²) in [6.07, 6.45) is -1.89. The third kappa shape index (κ3) is 2.50. The summed E-state index contributed by atoms with van der Waals surface area (Å²) < 4.78 is 18.9. The highest BCUT2D eigenvalue weighted by atomic mass is 19.1. The number of methoxy groups -OCH3 is 1. The van der Waals surface area contributed by atoms with Gasteiger partial charge in [0.25, 0.3) is 0 Å². The van der Waals surface area contributed by atoms with Crippen molar-refractivity contribution >= 4 is 5.91 Å². The Kier molecular flexibility index (Phi) is 3.87. The van der Waals surface area contributed by atoms with E-state index in [0.717, 1.165) is 0 Å². The Hall–Kier alpha value is -1.15. The molecule has 5 heteroatoms. The molecule has 0 saturated carbocycles. The highest BCUT2D eigenvalue weighted by molar-refractivity contribution is 5.78. The van der Waals surface area contributed by atoms with Crippen molar-refractivity contribution < 1.29 is 13.9 Å². The normalized spacial score (nSPS) is 28.6. The van der Waals surface area contributed by atoms with E-state index >= 15 is 0 Å². The minimum Gasteiger partial charge on any atom is -0.378 e. The van der Waals surface area contributed by atoms with E-state index in [-0.39, 0.29) is 18.9 Å². The number of halogens is 1. The zero-order valence-electron chi connectivity index (χ0n) is 9.86. The molecule has 0 aromatic heterocycles. The molecule has 2 unspecified atom stereocenters. The van der Waals surface area contributed by atoms with E-state index in [1.807, 2.05) is 13.8 Å². The Morgan fingerprint density at radius 2 is 2.31 bits per heavy atom. The average molecular weight is 228 g/mol. The average Bonchev–Trinajstić information content (AvgIpc) is 2.16. The van der Waals surface area contributed by atoms with Gasteiger partial charge in [-0.2, -0.15) is 5.26 Å². The first-order valence-electron chi connectivity index (χ1n) is 5.24. The minimum absolute atomic E-state index is 0.0163. The summed E-state index contributed by atoms with van der Waals surface area (Å²) in [5, 5.41) is 8.45. The molecule has 16 heavy (non-hydrogen) atoms. The molecule has 90 valence electrons. The van der Waals surface area contributed by atoms with Crippen molar-refractivity contribution in [3.05, 3.63) is 0 Å². The van der Waals surface area contributed by atoms with Crippen LogP contribution >= 0.6 is 0 Å². The fourth-order valence-corrected chi connectivity index (χ4v) is 2.28. The maximum Gasteiger partial charge on any atom is 0.236 e. The summed E-state index contributed by atoms with van der Waals surface area (Å²) in [6.45, 7) is 4.16. The van der Waals surface area contributed by atoms with E-state index in [1.54, 1.807) is 6.07 Å². The van der Waals surface area contributed by atoms with E-state index in [0.29, 0.717) is 6.54 Å². The van der Waals surface area contributed by atoms with Crippen LogP contribution in [0.15, 0.2) is 0 Å². The molecule has 4 nitrogen and oxygen atoms in total. The molecular formula is C11H17FN2O2. The number of alkyl halides is 1. The van der Waals surface area contributed by atoms with Gasteiger partial charge >= 0.3 is 0 Å². The van der Waals surface area contributed by atoms with Gasteiger partial charge in [0.15, 0.2) is 0 Å². The van der Waals surface area contributed by atoms with Crippen molar-refractivity contribution in [3.63, 3.8) is 0 Å². The standard InChI is InChI=1S/C11H17FN2O2/c1-11(2)7-14(9(15)4-5-13)6-8(12)10(11)16-3/h8,10H,4,6-7H2,1-3H3. The van der Waals surface area contributed by atoms with Gasteiger partial charge in [0.1, 0.15) is 12.6 Å². The molecule has 1 rings (SSSR count). The lowest BCUT2D eigenvalue weighted by Crippen LogP contribution is -2.57. The van der Waals surface area contributed by atoms with Crippen LogP contribution in [0.1, 0.15) is 20.3 Å². The lowest BCUT2D eigenvalue weighted by molar-refractivity contribution is -0.145. The van der Waals surface area contributed by atoms with Gasteiger partial charge in [-0.1, -0.05) is 13.8 Å². The second kappa shape index (κ2) is 4.79. The summed E-state index contributed by atoms with van der Waals surface area (Å²) >= 11 is 0. The van der Waals surface area contributed by atoms with Crippen LogP contribution in [-0.4, -0.2) is 43.3 Å². The van der Waals surface area contributed by atoms with Gasteiger partial charge in [-0.05, 0) is 0 Å². The van der Waals surface area contributed by atoms with E-state index in [4.69, 9.17) is 10.00 Å². The Labute approximate surface area is 95.0 Å². The van der Waals surface area contributed by atoms with Gasteiger partial charge in [-0.25, -0.2) is 4.39 Å². The first-order valence-corrected chi connectivity index (χ1v) is 5.24. The van der Waals surface area contributed by atoms with Gasteiger partial charge in [0.2, 0.25) is 5.91 Å². The van der Waals surface area contributed by atoms with E-state index in [9.17, 15) is 9.18 Å². The molecule has 2 atom stereocenters. The molecule has 1 aliphatic heterocycles. The molecular weight excluding hydrogens is 211 g/mol. The lowest BCUT2D eigenvalue weighted by Gasteiger charge is -2.45. The first-order chi connectivity index (χ1) is 7.42. The molecule has 0 bridgehead atoms. The number of carbonyl (C=O) groups is 1. The summed E-state index contributed by atoms with van der Waals surface area (Å²) in [5.41, 5.74) is -0.433. The number of rotatable bonds is 2. The second-order valence-corrected chi connectivity index (χ2v) is 4.77. The molecule has 1 amide bonds. The maximum absolute atomic E-state index is 13.8. The van der Waals surface area contributed by atoms with Crippen LogP contribution in [0.5, 0.6) is 0 Å². The Morgan fingerprint density at radius 1 is 1.69 bits per heavy atom. The number of nitriles is 1. The van der Waals surface area contributed by atoms with Crippen molar-refractivity contribution in [3.8, 4) is 6.07 Å². The SMILES string of the molecule is COC1C(F)CN(C(=O)CC#N)CC1(C)C. The monoisotopic (exact) mass is 228 g/mol. The van der Waals surface area contributed by atoms with Crippen molar-refractivity contribution in [2.24, 2.45) is 5.41 Å². The molecule has 0 radical (unpaired) electrons. The third-order valence-electron chi connectivity index (χ3n) is 2.93. The maximum atomic E-state index is 13.8. The number of piperidine rings is 1. The molecule has 0 aromatic rings. The molecule has 0 spiro atoms. The number of ether oxygens (including phenoxy) is 1. The number of hydrogen-bond acceptors (Lipinski definition) is 3. The Balaban J connectivity index is 2.76. The van der Waals surface area contributed by atoms with Gasteiger partial charge in [0, 0.05) is 19.1 Å². The number of hydrogen-bond donors (Lipinski definition) is 0. The molecule has 1 aliphatic rings. The topological polar surface area (TPSA) is 53.3 Å². The highest BCUT2D eigenvalue weighted by Gasteiger charge is 2.44. The Bertz CT molecular complexity index is 312. The zero-order chi connectivity index (χ0) is 12.3. The van der Waals surface area contributed by atoms with Gasteiger partial charge in [0.05, 0.1) is 18.7 Å². The minimum atomic E-state index is -1.20. The number of nitrogens with zero attached hydrogens (tertiary/aromatic N) is 2. The second-order valence-electron chi connectivity index (χ2n) is 4.77. The predicted octanol–water partition coefficient (Wildman–Crippen LogP) is 1.12. The fraction of sp³-hybridized carbons (Fsp3) is 0.818. The van der Waals surface area contributed by atoms with Crippen LogP contribution in [0.4, 0.5) is 4.39 Å². The molecule has 0 aliphatic carbocycles. The summed E-state index contributed by atoms with van der Waals surface area (Å²) in [6, 6.07) is 1.79. The van der Waals surface area contributed by atoms with E-state index in [2.05, 4.69) is 0 Å². The molecule has 1 saturated heterocycles. The summed E-state index contributed by atoms with van der Waals surface area (Å²) in [5.74, 6) is -0.312. The van der Waals surface area contributed by atoms with Crippen LogP contribution in [0, 0.1) is 16.7 Å². The van der Waals surface area contributed by atoms with Crippen LogP contribution in [-0.2, 0) is 9.53 Å². The van der Waals surface area contributed by atoms with Crippen LogP contribution < -0.4 is 0 Å². The largest absolute Gasteiger partial charge is 0.378 e. The van der Waals surface area contributed by atoms with Crippen molar-refractivity contribution in [1.82, 2.24) is 4.90 Å². The highest BCUT2D eigenvalue weighted by Crippen LogP contribution is 2.33. The molecule has 1 heterocycles. The zero-order valence-corrected chi connectivity index (χ0v) is 9.86. The fourth-order valence-electron chi connectivity index (χ4n) is 2.28. The summed E-state index contributed by atoms with van der Waals surface area (Å²) in [7, 11) is 1.48. The van der Waals surface area contributed by atoms with E-state index < -0.39 is 17.7 Å². The number of amides is 1. The first kappa shape index (κ1) is 12.9. The predicted molar refractivity (Wildman–Crippen MR) is 56.3 cm³/mol. The van der Waals surface area contributed by atoms with Crippen molar-refractivity contribution in [1.29, 1.82) is 5.26 Å². The van der Waals surface area contributed by atoms with Crippen LogP contribution in [0.25, 0.3) is 0 Å². The summed E-state index contributed by atoms with van der Waals surface area (Å²) in [4.78, 5) is 12.9. The van der Waals surface area contributed by atoms with Gasteiger partial charge in [-0.3, -0.25) is 4.79 Å². The molecule has 0 N–H and O–H groups in total. The van der Waals surface area contributed by atoms with Crippen LogP contribution in [0.2, 0.25) is 0 Å². The number of likely N-dealkylation sites (tertiary alicyclic amines) is 1. The van der Waals surface area contributed by atoms with Gasteiger partial charge in [-0.15, -0.1) is 0 Å². The molecule has 0 aromatic carbocycles. The van der Waals surface area contributed by atoms with E-state index in [1.165, 1.54) is 12.0 Å². The van der Waals surface area contributed by atoms with Crippen molar-refractivity contribution in [2.75, 3.05) is 20.2 Å². The molecule has 1 fully saturated rings. The smallest absolute Gasteiger partial charge is 0.236 e. The quantitative estimate of drug-likeness (QED) is 0.711. The van der Waals surface area contributed by atoms with Crippen LogP contribution in [0.3, 0.4) is 0 Å². The Morgan fingerprint density at radius 3 is 2.75 bits per heavy atom.